The largest absolute Gasteiger partial charge is 0.382 e. The van der Waals surface area contributed by atoms with Crippen LogP contribution in [0.1, 0.15) is 5.56 Å². The summed E-state index contributed by atoms with van der Waals surface area (Å²) in [7, 11) is 1.56. The Balaban J connectivity index is 2.40. The molecule has 0 saturated carbocycles. The van der Waals surface area contributed by atoms with Gasteiger partial charge in [0.15, 0.2) is 5.78 Å². The quantitative estimate of drug-likeness (QED) is 0.706. The van der Waals surface area contributed by atoms with Crippen molar-refractivity contribution in [2.45, 2.75) is 6.42 Å². The molecule has 0 unspecified atom stereocenters. The molecule has 0 amide bonds. The van der Waals surface area contributed by atoms with E-state index in [1.54, 1.807) is 7.11 Å². The van der Waals surface area contributed by atoms with E-state index in [-0.39, 0.29) is 23.8 Å². The van der Waals surface area contributed by atoms with Crippen molar-refractivity contribution in [1.82, 2.24) is 0 Å². The SMILES string of the molecule is COCCOCC(=O)Cc1ccc(F)cc1Cl. The molecule has 0 aromatic heterocycles. The van der Waals surface area contributed by atoms with Gasteiger partial charge in [0.05, 0.1) is 13.2 Å². The number of Topliss-reactive ketones (excluding diaryl/α,β-unsaturated/α-hetero) is 1. The minimum absolute atomic E-state index is 0.0110. The number of ether oxygens (including phenoxy) is 2. The van der Waals surface area contributed by atoms with E-state index in [0.29, 0.717) is 18.8 Å². The molecule has 0 saturated heterocycles. The molecular formula is C12H14ClFO3. The van der Waals surface area contributed by atoms with Crippen LogP contribution in [0.3, 0.4) is 0 Å². The van der Waals surface area contributed by atoms with Crippen LogP contribution in [0, 0.1) is 5.82 Å². The first kappa shape index (κ1) is 14.1. The number of rotatable bonds is 7. The third kappa shape index (κ3) is 5.26. The Labute approximate surface area is 104 Å². The second-order valence-electron chi connectivity index (χ2n) is 3.50. The Kier molecular flexibility index (Phi) is 6.11. The fourth-order valence-electron chi connectivity index (χ4n) is 1.26. The van der Waals surface area contributed by atoms with E-state index in [9.17, 15) is 9.18 Å². The number of ketones is 1. The molecule has 94 valence electrons. The van der Waals surface area contributed by atoms with Crippen molar-refractivity contribution in [2.75, 3.05) is 26.9 Å². The first-order chi connectivity index (χ1) is 8.13. The van der Waals surface area contributed by atoms with Gasteiger partial charge in [-0.05, 0) is 17.7 Å². The summed E-state index contributed by atoms with van der Waals surface area (Å²) >= 11 is 5.80. The molecule has 0 heterocycles. The molecule has 0 aliphatic carbocycles. The fraction of sp³-hybridized carbons (Fsp3) is 0.417. The molecule has 0 radical (unpaired) electrons. The van der Waals surface area contributed by atoms with E-state index in [0.717, 1.165) is 0 Å². The van der Waals surface area contributed by atoms with Gasteiger partial charge in [-0.2, -0.15) is 0 Å². The van der Waals surface area contributed by atoms with Crippen molar-refractivity contribution in [1.29, 1.82) is 0 Å². The van der Waals surface area contributed by atoms with Gasteiger partial charge >= 0.3 is 0 Å². The molecule has 5 heteroatoms. The molecule has 1 rings (SSSR count). The van der Waals surface area contributed by atoms with Gasteiger partial charge in [0.2, 0.25) is 0 Å². The number of hydrogen-bond acceptors (Lipinski definition) is 3. The zero-order valence-electron chi connectivity index (χ0n) is 9.54. The number of carbonyl (C=O) groups excluding carboxylic acids is 1. The second kappa shape index (κ2) is 7.37. The molecule has 17 heavy (non-hydrogen) atoms. The van der Waals surface area contributed by atoms with Crippen molar-refractivity contribution in [2.24, 2.45) is 0 Å². The van der Waals surface area contributed by atoms with Crippen LogP contribution >= 0.6 is 11.6 Å². The Morgan fingerprint density at radius 1 is 1.41 bits per heavy atom. The number of carbonyl (C=O) groups is 1. The zero-order chi connectivity index (χ0) is 12.7. The average Bonchev–Trinajstić information content (AvgIpc) is 2.28. The number of benzene rings is 1. The molecule has 0 spiro atoms. The standard InChI is InChI=1S/C12H14ClFO3/c1-16-4-5-17-8-11(15)6-9-2-3-10(14)7-12(9)13/h2-3,7H,4-6,8H2,1H3. The van der Waals surface area contributed by atoms with Crippen LogP contribution in [0.4, 0.5) is 4.39 Å². The van der Waals surface area contributed by atoms with E-state index in [4.69, 9.17) is 21.1 Å². The van der Waals surface area contributed by atoms with Gasteiger partial charge in [-0.1, -0.05) is 17.7 Å². The Morgan fingerprint density at radius 2 is 2.18 bits per heavy atom. The molecule has 3 nitrogen and oxygen atoms in total. The van der Waals surface area contributed by atoms with Gasteiger partial charge < -0.3 is 9.47 Å². The first-order valence-corrected chi connectivity index (χ1v) is 5.53. The highest BCUT2D eigenvalue weighted by molar-refractivity contribution is 6.31. The van der Waals surface area contributed by atoms with E-state index in [1.807, 2.05) is 0 Å². The maximum atomic E-state index is 12.8. The highest BCUT2D eigenvalue weighted by Crippen LogP contribution is 2.17. The molecule has 0 aliphatic heterocycles. The minimum Gasteiger partial charge on any atom is -0.382 e. The first-order valence-electron chi connectivity index (χ1n) is 5.16. The Bertz CT molecular complexity index is 382. The molecule has 0 bridgehead atoms. The van der Waals surface area contributed by atoms with Crippen molar-refractivity contribution in [3.63, 3.8) is 0 Å². The average molecular weight is 261 g/mol. The van der Waals surface area contributed by atoms with Gasteiger partial charge in [0.1, 0.15) is 12.4 Å². The van der Waals surface area contributed by atoms with Gasteiger partial charge in [0.25, 0.3) is 0 Å². The summed E-state index contributed by atoms with van der Waals surface area (Å²) in [6.45, 7) is 0.834. The maximum Gasteiger partial charge on any atom is 0.162 e. The molecule has 1 aromatic carbocycles. The van der Waals surface area contributed by atoms with Crippen LogP contribution in [0.5, 0.6) is 0 Å². The maximum absolute atomic E-state index is 12.8. The summed E-state index contributed by atoms with van der Waals surface area (Å²) in [6.07, 6.45) is 0.145. The van der Waals surface area contributed by atoms with Crippen molar-refractivity contribution >= 4 is 17.4 Å². The van der Waals surface area contributed by atoms with Crippen LogP contribution in [0.15, 0.2) is 18.2 Å². The Hall–Kier alpha value is -0.970. The van der Waals surface area contributed by atoms with Crippen LogP contribution in [0.25, 0.3) is 0 Å². The van der Waals surface area contributed by atoms with Crippen molar-refractivity contribution in [3.8, 4) is 0 Å². The summed E-state index contributed by atoms with van der Waals surface area (Å²) in [5.74, 6) is -0.517. The lowest BCUT2D eigenvalue weighted by molar-refractivity contribution is -0.123. The fourth-order valence-corrected chi connectivity index (χ4v) is 1.49. The molecule has 0 N–H and O–H groups in total. The summed E-state index contributed by atoms with van der Waals surface area (Å²) in [5.41, 5.74) is 0.605. The number of halogens is 2. The molecule has 0 aliphatic rings. The predicted octanol–water partition coefficient (Wildman–Crippen LogP) is 2.25. The summed E-state index contributed by atoms with van der Waals surface area (Å²) < 4.78 is 22.6. The highest BCUT2D eigenvalue weighted by atomic mass is 35.5. The Morgan fingerprint density at radius 3 is 2.82 bits per heavy atom. The van der Waals surface area contributed by atoms with E-state index < -0.39 is 5.82 Å². The van der Waals surface area contributed by atoms with E-state index in [1.165, 1.54) is 18.2 Å². The summed E-state index contributed by atoms with van der Waals surface area (Å²) in [5, 5.41) is 0.259. The smallest absolute Gasteiger partial charge is 0.162 e. The van der Waals surface area contributed by atoms with E-state index >= 15 is 0 Å². The number of methoxy groups -OCH3 is 1. The van der Waals surface area contributed by atoms with Gasteiger partial charge in [-0.3, -0.25) is 4.79 Å². The van der Waals surface area contributed by atoms with Gasteiger partial charge in [-0.15, -0.1) is 0 Å². The molecule has 0 atom stereocenters. The topological polar surface area (TPSA) is 35.5 Å². The number of hydrogen-bond donors (Lipinski definition) is 0. The highest BCUT2D eigenvalue weighted by Gasteiger charge is 2.08. The van der Waals surface area contributed by atoms with Crippen molar-refractivity contribution in [3.05, 3.63) is 34.6 Å². The summed E-state index contributed by atoms with van der Waals surface area (Å²) in [4.78, 5) is 11.5. The minimum atomic E-state index is -0.414. The molecular weight excluding hydrogens is 247 g/mol. The third-order valence-corrected chi connectivity index (χ3v) is 2.45. The van der Waals surface area contributed by atoms with Crippen molar-refractivity contribution < 1.29 is 18.7 Å². The van der Waals surface area contributed by atoms with Gasteiger partial charge in [-0.25, -0.2) is 4.39 Å². The lowest BCUT2D eigenvalue weighted by Crippen LogP contribution is -2.14. The van der Waals surface area contributed by atoms with Crippen LogP contribution in [0.2, 0.25) is 5.02 Å². The molecule has 0 fully saturated rings. The van der Waals surface area contributed by atoms with E-state index in [2.05, 4.69) is 0 Å². The monoisotopic (exact) mass is 260 g/mol. The third-order valence-electron chi connectivity index (χ3n) is 2.10. The van der Waals surface area contributed by atoms with Gasteiger partial charge in [0, 0.05) is 18.6 Å². The lowest BCUT2D eigenvalue weighted by atomic mass is 10.1. The predicted molar refractivity (Wildman–Crippen MR) is 62.8 cm³/mol. The zero-order valence-corrected chi connectivity index (χ0v) is 10.3. The molecule has 1 aromatic rings. The summed E-state index contributed by atoms with van der Waals surface area (Å²) in [6, 6.07) is 3.97. The normalized spacial score (nSPS) is 10.5. The lowest BCUT2D eigenvalue weighted by Gasteiger charge is -2.05. The van der Waals surface area contributed by atoms with Crippen LogP contribution in [-0.4, -0.2) is 32.7 Å². The van der Waals surface area contributed by atoms with Crippen LogP contribution < -0.4 is 0 Å². The second-order valence-corrected chi connectivity index (χ2v) is 3.90. The van der Waals surface area contributed by atoms with Crippen LogP contribution in [-0.2, 0) is 20.7 Å².